The third-order valence-electron chi connectivity index (χ3n) is 8.68. The van der Waals surface area contributed by atoms with Crippen LogP contribution in [-0.4, -0.2) is 65.8 Å². The van der Waals surface area contributed by atoms with E-state index in [-0.39, 0.29) is 29.7 Å². The minimum atomic E-state index is -0.547. The zero-order valence-electron chi connectivity index (χ0n) is 22.2. The minimum absolute atomic E-state index is 0.0574. The number of fused-ring (bicyclic) bond motifs is 1. The molecule has 3 heterocycles. The van der Waals surface area contributed by atoms with Crippen LogP contribution in [0.5, 0.6) is 0 Å². The van der Waals surface area contributed by atoms with E-state index in [1.807, 2.05) is 72.2 Å². The lowest BCUT2D eigenvalue weighted by molar-refractivity contribution is -0.140. The summed E-state index contributed by atoms with van der Waals surface area (Å²) in [5.41, 5.74) is 8.09. The average molecular weight is 537 g/mol. The van der Waals surface area contributed by atoms with Gasteiger partial charge in [0.05, 0.1) is 17.4 Å². The lowest BCUT2D eigenvalue weighted by Crippen LogP contribution is -2.56. The van der Waals surface area contributed by atoms with Crippen molar-refractivity contribution < 1.29 is 14.4 Å². The Bertz CT molecular complexity index is 1220. The van der Waals surface area contributed by atoms with E-state index < -0.39 is 11.5 Å². The van der Waals surface area contributed by atoms with Crippen molar-refractivity contribution in [2.24, 2.45) is 11.7 Å². The molecule has 0 radical (unpaired) electrons. The molecule has 202 valence electrons. The molecule has 0 bridgehead atoms. The van der Waals surface area contributed by atoms with E-state index in [0.717, 1.165) is 49.0 Å². The maximum atomic E-state index is 14.0. The number of piperidine rings is 2. The van der Waals surface area contributed by atoms with Gasteiger partial charge in [0.25, 0.3) is 0 Å². The summed E-state index contributed by atoms with van der Waals surface area (Å²) in [7, 11) is 0. The number of carbonyl (C=O) groups excluding carboxylic acids is 3. The number of amides is 3. The average Bonchev–Trinajstić information content (AvgIpc) is 3.13. The van der Waals surface area contributed by atoms with Crippen molar-refractivity contribution in [3.05, 3.63) is 64.7 Å². The number of nitrogens with zero attached hydrogens (tertiary/aromatic N) is 3. The van der Waals surface area contributed by atoms with E-state index in [1.165, 1.54) is 0 Å². The number of benzene rings is 2. The monoisotopic (exact) mass is 536 g/mol. The second-order valence-electron chi connectivity index (χ2n) is 11.4. The number of likely N-dealkylation sites (tertiary alicyclic amines) is 2. The molecule has 3 aliphatic rings. The second kappa shape index (κ2) is 10.7. The molecule has 3 amide bonds. The summed E-state index contributed by atoms with van der Waals surface area (Å²) in [6.07, 6.45) is 3.52. The van der Waals surface area contributed by atoms with Crippen molar-refractivity contribution >= 4 is 35.0 Å². The van der Waals surface area contributed by atoms with Crippen LogP contribution in [0.3, 0.4) is 0 Å². The van der Waals surface area contributed by atoms with Gasteiger partial charge in [-0.15, -0.1) is 0 Å². The number of anilines is 1. The van der Waals surface area contributed by atoms with Crippen LogP contribution in [-0.2, 0) is 26.2 Å². The molecule has 3 aliphatic heterocycles. The molecule has 2 atom stereocenters. The van der Waals surface area contributed by atoms with Crippen molar-refractivity contribution in [2.45, 2.75) is 63.5 Å². The number of nitrogens with two attached hydrogens (primary N) is 1. The van der Waals surface area contributed by atoms with Crippen molar-refractivity contribution in [3.8, 4) is 0 Å². The minimum Gasteiger partial charge on any atom is -0.369 e. The summed E-state index contributed by atoms with van der Waals surface area (Å²) < 4.78 is 0. The van der Waals surface area contributed by atoms with Gasteiger partial charge < -0.3 is 15.5 Å². The fourth-order valence-electron chi connectivity index (χ4n) is 6.42. The lowest BCUT2D eigenvalue weighted by atomic mass is 9.86. The Morgan fingerprint density at radius 1 is 1.03 bits per heavy atom. The van der Waals surface area contributed by atoms with E-state index >= 15 is 0 Å². The number of rotatable bonds is 6. The lowest BCUT2D eigenvalue weighted by Gasteiger charge is -2.42. The second-order valence-corrected chi connectivity index (χ2v) is 11.8. The number of carbonyl (C=O) groups is 3. The molecule has 38 heavy (non-hydrogen) atoms. The molecule has 8 heteroatoms. The molecule has 7 nitrogen and oxygen atoms in total. The highest BCUT2D eigenvalue weighted by Gasteiger charge is 2.47. The summed E-state index contributed by atoms with van der Waals surface area (Å²) in [6, 6.07) is 15.3. The first-order chi connectivity index (χ1) is 18.2. The van der Waals surface area contributed by atoms with Crippen LogP contribution in [0, 0.1) is 5.92 Å². The van der Waals surface area contributed by atoms with Crippen LogP contribution in [0.1, 0.15) is 50.7 Å². The third kappa shape index (κ3) is 4.94. The van der Waals surface area contributed by atoms with Crippen molar-refractivity contribution in [1.82, 2.24) is 9.80 Å². The number of para-hydroxylation sites is 1. The van der Waals surface area contributed by atoms with Gasteiger partial charge in [-0.2, -0.15) is 0 Å². The van der Waals surface area contributed by atoms with E-state index in [0.29, 0.717) is 31.1 Å². The van der Waals surface area contributed by atoms with Crippen LogP contribution in [0.25, 0.3) is 0 Å². The van der Waals surface area contributed by atoms with E-state index in [4.69, 9.17) is 17.3 Å². The van der Waals surface area contributed by atoms with Crippen molar-refractivity contribution in [1.29, 1.82) is 0 Å². The normalized spacial score (nSPS) is 22.8. The van der Waals surface area contributed by atoms with Gasteiger partial charge in [-0.25, -0.2) is 0 Å². The van der Waals surface area contributed by atoms with Gasteiger partial charge in [0.15, 0.2) is 0 Å². The van der Waals surface area contributed by atoms with Crippen molar-refractivity contribution in [3.63, 3.8) is 0 Å². The molecule has 2 fully saturated rings. The van der Waals surface area contributed by atoms with Gasteiger partial charge >= 0.3 is 0 Å². The van der Waals surface area contributed by atoms with Gasteiger partial charge in [-0.1, -0.05) is 48.0 Å². The third-order valence-corrected chi connectivity index (χ3v) is 9.05. The van der Waals surface area contributed by atoms with Gasteiger partial charge in [-0.3, -0.25) is 19.3 Å². The van der Waals surface area contributed by atoms with E-state index in [1.54, 1.807) is 0 Å². The highest BCUT2D eigenvalue weighted by molar-refractivity contribution is 6.31. The Hall–Kier alpha value is -2.90. The van der Waals surface area contributed by atoms with Gasteiger partial charge in [-0.05, 0) is 75.8 Å². The predicted octanol–water partition coefficient (Wildman–Crippen LogP) is 3.76. The molecular formula is C30H37ClN4O3. The molecule has 0 spiro atoms. The van der Waals surface area contributed by atoms with Crippen LogP contribution in [0.4, 0.5) is 5.69 Å². The maximum absolute atomic E-state index is 14.0. The van der Waals surface area contributed by atoms with E-state index in [2.05, 4.69) is 4.90 Å². The Morgan fingerprint density at radius 3 is 2.42 bits per heavy atom. The number of hydrogen-bond donors (Lipinski definition) is 1. The van der Waals surface area contributed by atoms with Crippen LogP contribution >= 0.6 is 11.6 Å². The molecule has 2 N–H and O–H groups in total. The molecule has 0 aromatic heterocycles. The molecule has 2 aromatic rings. The topological polar surface area (TPSA) is 87.0 Å². The van der Waals surface area contributed by atoms with Gasteiger partial charge in [0.2, 0.25) is 17.7 Å². The van der Waals surface area contributed by atoms with Crippen LogP contribution in [0.2, 0.25) is 5.02 Å². The maximum Gasteiger partial charge on any atom is 0.240 e. The molecule has 5 rings (SSSR count). The molecular weight excluding hydrogens is 500 g/mol. The first-order valence-corrected chi connectivity index (χ1v) is 14.0. The first-order valence-electron chi connectivity index (χ1n) is 13.7. The first kappa shape index (κ1) is 26.7. The molecule has 1 unspecified atom stereocenters. The molecule has 2 aromatic carbocycles. The largest absolute Gasteiger partial charge is 0.369 e. The van der Waals surface area contributed by atoms with Gasteiger partial charge in [0.1, 0.15) is 0 Å². The fourth-order valence-corrected chi connectivity index (χ4v) is 6.64. The summed E-state index contributed by atoms with van der Waals surface area (Å²) >= 11 is 6.49. The zero-order valence-corrected chi connectivity index (χ0v) is 23.0. The Morgan fingerprint density at radius 2 is 1.71 bits per heavy atom. The molecule has 2 saturated heterocycles. The quantitative estimate of drug-likeness (QED) is 0.609. The summed E-state index contributed by atoms with van der Waals surface area (Å²) in [5.74, 6) is -0.369. The summed E-state index contributed by atoms with van der Waals surface area (Å²) in [5, 5.41) is 0.640. The Kier molecular flexibility index (Phi) is 7.51. The van der Waals surface area contributed by atoms with Gasteiger partial charge in [0, 0.05) is 36.4 Å². The fraction of sp³-hybridized carbons (Fsp3) is 0.500. The smallest absolute Gasteiger partial charge is 0.240 e. The highest BCUT2D eigenvalue weighted by Crippen LogP contribution is 2.43. The SMILES string of the molecule is CC1(C)C(=O)N(C2CCN(C(=O)[C@H](Cc3ccccc3Cl)N3CCCC(C(N)=O)C3)CC2)c2ccccc21. The van der Waals surface area contributed by atoms with Crippen LogP contribution < -0.4 is 10.6 Å². The predicted molar refractivity (Wildman–Crippen MR) is 149 cm³/mol. The molecule has 0 saturated carbocycles. The Labute approximate surface area is 229 Å². The standard InChI is InChI=1S/C30H37ClN4O3/c1-30(2)23-10-4-6-12-25(23)35(29(30)38)22-13-16-33(17-14-22)28(37)26(18-20-8-3-5-11-24(20)31)34-15-7-9-21(19-34)27(32)36/h3-6,8,10-12,21-22,26H,7,9,13-19H2,1-2H3,(H2,32,36)/t21?,26-/m0/s1. The number of halogens is 1. The zero-order chi connectivity index (χ0) is 27.0. The number of hydrogen-bond acceptors (Lipinski definition) is 4. The summed E-state index contributed by atoms with van der Waals surface area (Å²) in [4.78, 5) is 45.5. The molecule has 0 aliphatic carbocycles. The summed E-state index contributed by atoms with van der Waals surface area (Å²) in [6.45, 7) is 6.38. The highest BCUT2D eigenvalue weighted by atomic mass is 35.5. The van der Waals surface area contributed by atoms with Crippen molar-refractivity contribution in [2.75, 3.05) is 31.1 Å². The van der Waals surface area contributed by atoms with Crippen LogP contribution in [0.15, 0.2) is 48.5 Å². The van der Waals surface area contributed by atoms with E-state index in [9.17, 15) is 14.4 Å². The number of primary amides is 1. The Balaban J connectivity index is 1.33.